The first-order valence-corrected chi connectivity index (χ1v) is 7.31. The van der Waals surface area contributed by atoms with E-state index in [0.717, 1.165) is 12.2 Å². The first-order chi connectivity index (χ1) is 9.58. The smallest absolute Gasteiger partial charge is 0.313 e. The summed E-state index contributed by atoms with van der Waals surface area (Å²) >= 11 is 1.17. The van der Waals surface area contributed by atoms with Gasteiger partial charge in [-0.05, 0) is 5.92 Å². The summed E-state index contributed by atoms with van der Waals surface area (Å²) in [6.07, 6.45) is 0.734. The highest BCUT2D eigenvalue weighted by atomic mass is 32.2. The number of thioether (sulfide) groups is 1. The molecule has 1 N–H and O–H groups in total. The van der Waals surface area contributed by atoms with E-state index in [0.29, 0.717) is 30.8 Å². The van der Waals surface area contributed by atoms with Gasteiger partial charge in [0.2, 0.25) is 0 Å². The lowest BCUT2D eigenvalue weighted by Gasteiger charge is -2.12. The summed E-state index contributed by atoms with van der Waals surface area (Å²) in [5, 5.41) is 17.6. The summed E-state index contributed by atoms with van der Waals surface area (Å²) in [7, 11) is 3.29. The Labute approximate surface area is 122 Å². The highest BCUT2D eigenvalue weighted by Crippen LogP contribution is 2.18. The molecule has 0 aliphatic rings. The average molecular weight is 303 g/mol. The standard InChI is InChI=1S/C12H21N3O4S/c1-9(7-19-3)6-10-13-14-12(20-8-11(16)17)15(10)4-5-18-2/h9H,4-8H2,1-3H3,(H,16,17). The molecule has 1 rings (SSSR count). The van der Waals surface area contributed by atoms with Crippen molar-refractivity contribution in [3.05, 3.63) is 5.82 Å². The van der Waals surface area contributed by atoms with Crippen molar-refractivity contribution in [1.29, 1.82) is 0 Å². The fourth-order valence-corrected chi connectivity index (χ4v) is 2.47. The molecule has 20 heavy (non-hydrogen) atoms. The van der Waals surface area contributed by atoms with Gasteiger partial charge in [0.1, 0.15) is 5.82 Å². The van der Waals surface area contributed by atoms with E-state index in [2.05, 4.69) is 17.1 Å². The Balaban J connectivity index is 2.78. The lowest BCUT2D eigenvalue weighted by atomic mass is 10.1. The molecule has 0 aliphatic heterocycles. The van der Waals surface area contributed by atoms with Crippen LogP contribution in [0.5, 0.6) is 0 Å². The van der Waals surface area contributed by atoms with Crippen LogP contribution in [0.4, 0.5) is 0 Å². The van der Waals surface area contributed by atoms with Crippen molar-refractivity contribution in [3.8, 4) is 0 Å². The van der Waals surface area contributed by atoms with E-state index >= 15 is 0 Å². The van der Waals surface area contributed by atoms with E-state index in [1.54, 1.807) is 14.2 Å². The van der Waals surface area contributed by atoms with E-state index in [-0.39, 0.29) is 5.75 Å². The second kappa shape index (κ2) is 8.93. The minimum atomic E-state index is -0.870. The largest absolute Gasteiger partial charge is 0.481 e. The molecule has 0 aromatic carbocycles. The Morgan fingerprint density at radius 2 is 2.15 bits per heavy atom. The van der Waals surface area contributed by atoms with Crippen molar-refractivity contribution in [2.45, 2.75) is 25.0 Å². The molecule has 1 aromatic heterocycles. The Morgan fingerprint density at radius 3 is 2.75 bits per heavy atom. The molecule has 0 saturated heterocycles. The second-order valence-corrected chi connectivity index (χ2v) is 5.43. The number of rotatable bonds is 10. The number of carbonyl (C=O) groups is 1. The van der Waals surface area contributed by atoms with E-state index in [1.165, 1.54) is 11.8 Å². The van der Waals surface area contributed by atoms with Crippen LogP contribution in [-0.4, -0.2) is 59.0 Å². The molecular weight excluding hydrogens is 282 g/mol. The van der Waals surface area contributed by atoms with Gasteiger partial charge in [-0.3, -0.25) is 4.79 Å². The van der Waals surface area contributed by atoms with Crippen molar-refractivity contribution in [2.24, 2.45) is 5.92 Å². The van der Waals surface area contributed by atoms with Crippen molar-refractivity contribution < 1.29 is 19.4 Å². The molecule has 114 valence electrons. The highest BCUT2D eigenvalue weighted by Gasteiger charge is 2.16. The molecule has 8 heteroatoms. The first kappa shape index (κ1) is 16.9. The molecule has 0 saturated carbocycles. The molecule has 7 nitrogen and oxygen atoms in total. The summed E-state index contributed by atoms with van der Waals surface area (Å²) in [4.78, 5) is 10.6. The molecule has 0 aliphatic carbocycles. The van der Waals surface area contributed by atoms with Gasteiger partial charge in [-0.15, -0.1) is 10.2 Å². The summed E-state index contributed by atoms with van der Waals surface area (Å²) < 4.78 is 12.1. The van der Waals surface area contributed by atoms with Gasteiger partial charge in [-0.25, -0.2) is 0 Å². The number of ether oxygens (including phenoxy) is 2. The molecule has 1 unspecified atom stereocenters. The van der Waals surface area contributed by atoms with Gasteiger partial charge in [0, 0.05) is 33.8 Å². The van der Waals surface area contributed by atoms with E-state index in [4.69, 9.17) is 14.6 Å². The van der Waals surface area contributed by atoms with Gasteiger partial charge < -0.3 is 19.1 Å². The van der Waals surface area contributed by atoms with Crippen LogP contribution in [0.3, 0.4) is 0 Å². The summed E-state index contributed by atoms with van der Waals surface area (Å²) in [6, 6.07) is 0. The Morgan fingerprint density at radius 1 is 1.40 bits per heavy atom. The minimum absolute atomic E-state index is 0.0290. The maximum Gasteiger partial charge on any atom is 0.313 e. The highest BCUT2D eigenvalue weighted by molar-refractivity contribution is 7.99. The molecule has 0 radical (unpaired) electrons. The average Bonchev–Trinajstić information content (AvgIpc) is 2.76. The monoisotopic (exact) mass is 303 g/mol. The van der Waals surface area contributed by atoms with Gasteiger partial charge in [0.25, 0.3) is 0 Å². The fourth-order valence-electron chi connectivity index (χ4n) is 1.77. The first-order valence-electron chi connectivity index (χ1n) is 6.33. The number of aliphatic carboxylic acids is 1. The van der Waals surface area contributed by atoms with Crippen LogP contribution in [0.15, 0.2) is 5.16 Å². The summed E-state index contributed by atoms with van der Waals surface area (Å²) in [6.45, 7) is 3.86. The number of carboxylic acid groups (broad SMARTS) is 1. The third kappa shape index (κ3) is 5.48. The SMILES string of the molecule is COCCn1c(CC(C)COC)nnc1SCC(=O)O. The van der Waals surface area contributed by atoms with Crippen LogP contribution < -0.4 is 0 Å². The molecule has 1 aromatic rings. The van der Waals surface area contributed by atoms with Crippen molar-refractivity contribution in [3.63, 3.8) is 0 Å². The predicted octanol–water partition coefficient (Wildman–Crippen LogP) is 0.926. The number of carboxylic acids is 1. The zero-order valence-corrected chi connectivity index (χ0v) is 12.9. The van der Waals surface area contributed by atoms with Crippen LogP contribution in [0.25, 0.3) is 0 Å². The van der Waals surface area contributed by atoms with Gasteiger partial charge in [-0.1, -0.05) is 18.7 Å². The molecule has 0 bridgehead atoms. The molecule has 0 spiro atoms. The normalized spacial score (nSPS) is 12.6. The molecule has 1 heterocycles. The number of hydrogen-bond acceptors (Lipinski definition) is 6. The molecule has 0 amide bonds. The predicted molar refractivity (Wildman–Crippen MR) is 75.0 cm³/mol. The van der Waals surface area contributed by atoms with Gasteiger partial charge in [0.15, 0.2) is 5.16 Å². The quantitative estimate of drug-likeness (QED) is 0.643. The lowest BCUT2D eigenvalue weighted by Crippen LogP contribution is -2.15. The summed E-state index contributed by atoms with van der Waals surface area (Å²) in [5.74, 6) is 0.256. The van der Waals surface area contributed by atoms with Crippen LogP contribution >= 0.6 is 11.8 Å². The zero-order valence-electron chi connectivity index (χ0n) is 12.0. The zero-order chi connectivity index (χ0) is 15.0. The number of methoxy groups -OCH3 is 2. The van der Waals surface area contributed by atoms with Crippen LogP contribution in [-0.2, 0) is 27.2 Å². The summed E-state index contributed by atoms with van der Waals surface area (Å²) in [5.41, 5.74) is 0. The number of hydrogen-bond donors (Lipinski definition) is 1. The van der Waals surface area contributed by atoms with Crippen molar-refractivity contribution in [1.82, 2.24) is 14.8 Å². The van der Waals surface area contributed by atoms with E-state index in [9.17, 15) is 4.79 Å². The minimum Gasteiger partial charge on any atom is -0.481 e. The Hall–Kier alpha value is -1.12. The fraction of sp³-hybridized carbons (Fsp3) is 0.750. The van der Waals surface area contributed by atoms with Crippen molar-refractivity contribution in [2.75, 3.05) is 33.2 Å². The second-order valence-electron chi connectivity index (χ2n) is 4.49. The topological polar surface area (TPSA) is 86.5 Å². The van der Waals surface area contributed by atoms with Crippen molar-refractivity contribution >= 4 is 17.7 Å². The molecular formula is C12H21N3O4S. The third-order valence-electron chi connectivity index (χ3n) is 2.62. The molecule has 0 fully saturated rings. The van der Waals surface area contributed by atoms with E-state index in [1.807, 2.05) is 4.57 Å². The Bertz CT molecular complexity index is 425. The van der Waals surface area contributed by atoms with Gasteiger partial charge in [-0.2, -0.15) is 0 Å². The van der Waals surface area contributed by atoms with Crippen LogP contribution in [0.1, 0.15) is 12.7 Å². The Kier molecular flexibility index (Phi) is 7.56. The van der Waals surface area contributed by atoms with Crippen LogP contribution in [0.2, 0.25) is 0 Å². The van der Waals surface area contributed by atoms with Gasteiger partial charge >= 0.3 is 5.97 Å². The third-order valence-corrected chi connectivity index (χ3v) is 3.57. The van der Waals surface area contributed by atoms with Crippen LogP contribution in [0, 0.1) is 5.92 Å². The van der Waals surface area contributed by atoms with E-state index < -0.39 is 5.97 Å². The lowest BCUT2D eigenvalue weighted by molar-refractivity contribution is -0.133. The number of nitrogens with zero attached hydrogens (tertiary/aromatic N) is 3. The van der Waals surface area contributed by atoms with Gasteiger partial charge in [0.05, 0.1) is 12.4 Å². The number of aromatic nitrogens is 3. The maximum absolute atomic E-state index is 10.6. The maximum atomic E-state index is 10.6. The molecule has 1 atom stereocenters.